The van der Waals surface area contributed by atoms with Crippen LogP contribution in [-0.4, -0.2) is 26.3 Å². The number of rotatable bonds is 1. The zero-order chi connectivity index (χ0) is 12.5. The maximum atomic E-state index is 9.46. The van der Waals surface area contributed by atoms with Crippen molar-refractivity contribution in [3.05, 3.63) is 28.6 Å². The van der Waals surface area contributed by atoms with Crippen molar-refractivity contribution in [2.24, 2.45) is 0 Å². The number of aryl methyl sites for hydroxylation is 1. The number of nitrogens with zero attached hydrogens (tertiary/aromatic N) is 2. The summed E-state index contributed by atoms with van der Waals surface area (Å²) in [5.74, 6) is 0. The Hall–Kier alpha value is -1.57. The third-order valence-electron chi connectivity index (χ3n) is 3.39. The minimum atomic E-state index is 0.742. The van der Waals surface area contributed by atoms with Crippen molar-refractivity contribution in [1.82, 2.24) is 0 Å². The van der Waals surface area contributed by atoms with E-state index in [-0.39, 0.29) is 0 Å². The number of morpholine rings is 1. The van der Waals surface area contributed by atoms with E-state index in [1.54, 1.807) is 11.3 Å². The predicted molar refractivity (Wildman–Crippen MR) is 74.3 cm³/mol. The number of nitriles is 1. The van der Waals surface area contributed by atoms with E-state index in [4.69, 9.17) is 4.74 Å². The summed E-state index contributed by atoms with van der Waals surface area (Å²) >= 11 is 1.65. The Morgan fingerprint density at radius 1 is 1.39 bits per heavy atom. The summed E-state index contributed by atoms with van der Waals surface area (Å²) in [5.41, 5.74) is 3.12. The molecule has 2 aromatic rings. The molecule has 0 radical (unpaired) electrons. The molecule has 4 heteroatoms. The molecule has 18 heavy (non-hydrogen) atoms. The highest BCUT2D eigenvalue weighted by Crippen LogP contribution is 2.34. The lowest BCUT2D eigenvalue weighted by atomic mass is 10.0. The quantitative estimate of drug-likeness (QED) is 0.789. The molecule has 1 saturated heterocycles. The second kappa shape index (κ2) is 4.60. The first-order chi connectivity index (χ1) is 8.81. The van der Waals surface area contributed by atoms with E-state index in [1.807, 2.05) is 0 Å². The van der Waals surface area contributed by atoms with Crippen molar-refractivity contribution < 1.29 is 4.74 Å². The van der Waals surface area contributed by atoms with E-state index >= 15 is 0 Å². The lowest BCUT2D eigenvalue weighted by Crippen LogP contribution is -2.36. The third kappa shape index (κ3) is 1.76. The first kappa shape index (κ1) is 11.5. The summed E-state index contributed by atoms with van der Waals surface area (Å²) in [7, 11) is 0. The maximum absolute atomic E-state index is 9.46. The fourth-order valence-corrected chi connectivity index (χ4v) is 3.41. The molecule has 0 saturated carbocycles. The predicted octanol–water partition coefficient (Wildman–Crippen LogP) is 2.92. The molecule has 0 aliphatic carbocycles. The lowest BCUT2D eigenvalue weighted by molar-refractivity contribution is 0.122. The molecule has 92 valence electrons. The van der Waals surface area contributed by atoms with Crippen LogP contribution in [0.25, 0.3) is 10.1 Å². The summed E-state index contributed by atoms with van der Waals surface area (Å²) in [6.45, 7) is 5.33. The van der Waals surface area contributed by atoms with E-state index in [9.17, 15) is 5.26 Å². The van der Waals surface area contributed by atoms with Gasteiger partial charge >= 0.3 is 0 Å². The van der Waals surface area contributed by atoms with Crippen molar-refractivity contribution in [3.8, 4) is 6.07 Å². The topological polar surface area (TPSA) is 36.3 Å². The molecule has 2 heterocycles. The molecule has 0 amide bonds. The molecule has 1 aromatic carbocycles. The molecule has 0 spiro atoms. The number of anilines is 1. The highest BCUT2D eigenvalue weighted by Gasteiger charge is 2.18. The van der Waals surface area contributed by atoms with Gasteiger partial charge in [-0.3, -0.25) is 0 Å². The smallest absolute Gasteiger partial charge is 0.103 e. The molecule has 0 unspecified atom stereocenters. The van der Waals surface area contributed by atoms with Gasteiger partial charge in [-0.1, -0.05) is 0 Å². The zero-order valence-electron chi connectivity index (χ0n) is 10.3. The maximum Gasteiger partial charge on any atom is 0.103 e. The van der Waals surface area contributed by atoms with E-state index < -0.39 is 0 Å². The van der Waals surface area contributed by atoms with Crippen LogP contribution in [0.1, 0.15) is 11.1 Å². The number of hydrogen-bond acceptors (Lipinski definition) is 4. The second-order valence-corrected chi connectivity index (χ2v) is 5.38. The van der Waals surface area contributed by atoms with Crippen LogP contribution in [0.4, 0.5) is 5.69 Å². The molecule has 0 bridgehead atoms. The van der Waals surface area contributed by atoms with Crippen molar-refractivity contribution in [2.75, 3.05) is 31.2 Å². The van der Waals surface area contributed by atoms with Gasteiger partial charge in [-0.05, 0) is 35.4 Å². The van der Waals surface area contributed by atoms with Gasteiger partial charge in [0.2, 0.25) is 0 Å². The molecule has 1 aromatic heterocycles. The molecule has 0 N–H and O–H groups in total. The van der Waals surface area contributed by atoms with Crippen molar-refractivity contribution in [3.63, 3.8) is 0 Å². The first-order valence-corrected chi connectivity index (χ1v) is 6.93. The summed E-state index contributed by atoms with van der Waals surface area (Å²) < 4.78 is 6.49. The lowest BCUT2D eigenvalue weighted by Gasteiger charge is -2.30. The molecule has 1 fully saturated rings. The van der Waals surface area contributed by atoms with Crippen LogP contribution in [0, 0.1) is 18.3 Å². The highest BCUT2D eigenvalue weighted by atomic mass is 32.1. The van der Waals surface area contributed by atoms with Gasteiger partial charge in [0.25, 0.3) is 0 Å². The van der Waals surface area contributed by atoms with Gasteiger partial charge in [-0.2, -0.15) is 5.26 Å². The molecule has 0 atom stereocenters. The fourth-order valence-electron chi connectivity index (χ4n) is 2.45. The van der Waals surface area contributed by atoms with Crippen LogP contribution in [-0.2, 0) is 4.74 Å². The monoisotopic (exact) mass is 258 g/mol. The van der Waals surface area contributed by atoms with E-state index in [0.29, 0.717) is 0 Å². The van der Waals surface area contributed by atoms with Crippen LogP contribution in [0.15, 0.2) is 17.5 Å². The van der Waals surface area contributed by atoms with Crippen molar-refractivity contribution in [2.45, 2.75) is 6.92 Å². The second-order valence-electron chi connectivity index (χ2n) is 4.46. The number of fused-ring (bicyclic) bond motifs is 1. The average Bonchev–Trinajstić information content (AvgIpc) is 2.89. The van der Waals surface area contributed by atoms with Gasteiger partial charge in [0.1, 0.15) is 6.07 Å². The Morgan fingerprint density at radius 3 is 2.89 bits per heavy atom. The van der Waals surface area contributed by atoms with E-state index in [2.05, 4.69) is 35.4 Å². The molecule has 1 aliphatic heterocycles. The minimum Gasteiger partial charge on any atom is -0.378 e. The number of hydrogen-bond donors (Lipinski definition) is 0. The summed E-state index contributed by atoms with van der Waals surface area (Å²) in [4.78, 5) is 2.26. The Morgan fingerprint density at radius 2 is 2.17 bits per heavy atom. The summed E-state index contributed by atoms with van der Waals surface area (Å²) in [6.07, 6.45) is 0. The van der Waals surface area contributed by atoms with Crippen LogP contribution < -0.4 is 4.90 Å². The summed E-state index contributed by atoms with van der Waals surface area (Å²) in [6, 6.07) is 6.61. The van der Waals surface area contributed by atoms with Gasteiger partial charge < -0.3 is 9.64 Å². The van der Waals surface area contributed by atoms with Crippen LogP contribution in [0.2, 0.25) is 0 Å². The average molecular weight is 258 g/mol. The summed E-state index contributed by atoms with van der Waals surface area (Å²) in [5, 5.41) is 12.7. The van der Waals surface area contributed by atoms with Gasteiger partial charge in [0.15, 0.2) is 0 Å². The standard InChI is InChI=1S/C14H14N2OS/c1-10-8-13(16-3-5-17-6-4-16)12(9-15)14-11(10)2-7-18-14/h2,7-8H,3-6H2,1H3. The van der Waals surface area contributed by atoms with Crippen LogP contribution in [0.5, 0.6) is 0 Å². The van der Waals surface area contributed by atoms with Crippen LogP contribution in [0.3, 0.4) is 0 Å². The molecule has 3 nitrogen and oxygen atoms in total. The van der Waals surface area contributed by atoms with E-state index in [0.717, 1.165) is 42.3 Å². The molecule has 3 rings (SSSR count). The van der Waals surface area contributed by atoms with Gasteiger partial charge in [0, 0.05) is 13.1 Å². The molecular weight excluding hydrogens is 244 g/mol. The number of ether oxygens (including phenoxy) is 1. The van der Waals surface area contributed by atoms with Crippen molar-refractivity contribution in [1.29, 1.82) is 5.26 Å². The normalized spacial score (nSPS) is 15.9. The van der Waals surface area contributed by atoms with Gasteiger partial charge in [-0.15, -0.1) is 11.3 Å². The van der Waals surface area contributed by atoms with E-state index in [1.165, 1.54) is 10.9 Å². The van der Waals surface area contributed by atoms with Gasteiger partial charge in [-0.25, -0.2) is 0 Å². The molecular formula is C14H14N2OS. The Labute approximate surface area is 110 Å². The highest BCUT2D eigenvalue weighted by molar-refractivity contribution is 7.17. The largest absolute Gasteiger partial charge is 0.378 e. The Bertz CT molecular complexity index is 620. The Kier molecular flexibility index (Phi) is 2.94. The van der Waals surface area contributed by atoms with Crippen LogP contribution >= 0.6 is 11.3 Å². The third-order valence-corrected chi connectivity index (χ3v) is 4.32. The molecule has 1 aliphatic rings. The first-order valence-electron chi connectivity index (χ1n) is 6.05. The van der Waals surface area contributed by atoms with Crippen molar-refractivity contribution >= 4 is 27.1 Å². The minimum absolute atomic E-state index is 0.742. The van der Waals surface area contributed by atoms with Gasteiger partial charge in [0.05, 0.1) is 29.2 Å². The Balaban J connectivity index is 2.18. The zero-order valence-corrected chi connectivity index (χ0v) is 11.1. The number of benzene rings is 1. The fraction of sp³-hybridized carbons (Fsp3) is 0.357. The SMILES string of the molecule is Cc1cc(N2CCOCC2)c(C#N)c2sccc12. The number of thiophene rings is 1.